The molecule has 0 saturated heterocycles. The van der Waals surface area contributed by atoms with Gasteiger partial charge in [0, 0.05) is 6.04 Å². The maximum absolute atomic E-state index is 11.7. The van der Waals surface area contributed by atoms with Crippen LogP contribution in [-0.2, 0) is 9.53 Å². The number of carboxylic acid groups (broad SMARTS) is 1. The Hall–Kier alpha value is -1.26. The van der Waals surface area contributed by atoms with Crippen molar-refractivity contribution in [1.82, 2.24) is 5.32 Å². The van der Waals surface area contributed by atoms with E-state index in [2.05, 4.69) is 5.32 Å². The van der Waals surface area contributed by atoms with Gasteiger partial charge in [-0.05, 0) is 51.9 Å². The molecule has 0 aromatic heterocycles. The third kappa shape index (κ3) is 2.60. The number of hydrogen-bond donors (Lipinski definition) is 2. The Kier molecular flexibility index (Phi) is 3.25. The fraction of sp³-hybridized carbons (Fsp3) is 0.846. The summed E-state index contributed by atoms with van der Waals surface area (Å²) < 4.78 is 5.19. The number of aliphatic carboxylic acids is 1. The minimum absolute atomic E-state index is 0.215. The molecule has 0 radical (unpaired) electrons. The summed E-state index contributed by atoms with van der Waals surface area (Å²) in [5.74, 6) is -0.740. The average Bonchev–Trinajstić information content (AvgIpc) is 2.73. The molecule has 0 spiro atoms. The van der Waals surface area contributed by atoms with Gasteiger partial charge in [-0.2, -0.15) is 0 Å². The maximum Gasteiger partial charge on any atom is 0.407 e. The smallest absolute Gasteiger partial charge is 0.407 e. The number of alkyl carbamates (subject to hydrolysis) is 1. The van der Waals surface area contributed by atoms with Gasteiger partial charge in [-0.1, -0.05) is 0 Å². The van der Waals surface area contributed by atoms with E-state index in [0.717, 1.165) is 19.3 Å². The Morgan fingerprint density at radius 2 is 1.83 bits per heavy atom. The minimum atomic E-state index is -0.803. The SMILES string of the molecule is CC(C)(C)OC(=O)N[C@H]1[C@H]2CC[C@H](C2)[C@H]1C(=O)O. The number of ether oxygens (including phenoxy) is 1. The van der Waals surface area contributed by atoms with Crippen molar-refractivity contribution < 1.29 is 19.4 Å². The molecule has 0 aromatic carbocycles. The second-order valence-electron chi connectivity index (χ2n) is 6.37. The molecule has 1 amide bonds. The number of rotatable bonds is 2. The van der Waals surface area contributed by atoms with Gasteiger partial charge in [0.15, 0.2) is 0 Å². The second-order valence-corrected chi connectivity index (χ2v) is 6.37. The number of carbonyl (C=O) groups excluding carboxylic acids is 1. The van der Waals surface area contributed by atoms with Gasteiger partial charge in [-0.25, -0.2) is 4.79 Å². The largest absolute Gasteiger partial charge is 0.481 e. The van der Waals surface area contributed by atoms with E-state index in [4.69, 9.17) is 4.74 Å². The fourth-order valence-electron chi connectivity index (χ4n) is 3.30. The number of fused-ring (bicyclic) bond motifs is 2. The third-order valence-corrected chi connectivity index (χ3v) is 3.88. The Balaban J connectivity index is 2.00. The summed E-state index contributed by atoms with van der Waals surface area (Å²) in [6.45, 7) is 5.38. The monoisotopic (exact) mass is 255 g/mol. The van der Waals surface area contributed by atoms with E-state index in [1.807, 2.05) is 0 Å². The highest BCUT2D eigenvalue weighted by Crippen LogP contribution is 2.48. The third-order valence-electron chi connectivity index (χ3n) is 3.88. The first-order valence-corrected chi connectivity index (χ1v) is 6.50. The quantitative estimate of drug-likeness (QED) is 0.791. The van der Waals surface area contributed by atoms with E-state index in [1.54, 1.807) is 20.8 Å². The molecular weight excluding hydrogens is 234 g/mol. The highest BCUT2D eigenvalue weighted by atomic mass is 16.6. The Labute approximate surface area is 107 Å². The molecule has 5 heteroatoms. The molecule has 2 fully saturated rings. The molecule has 2 N–H and O–H groups in total. The summed E-state index contributed by atoms with van der Waals surface area (Å²) in [6, 6.07) is -0.268. The topological polar surface area (TPSA) is 75.6 Å². The summed E-state index contributed by atoms with van der Waals surface area (Å²) in [6.07, 6.45) is 2.38. The van der Waals surface area contributed by atoms with Gasteiger partial charge in [0.25, 0.3) is 0 Å². The number of nitrogens with one attached hydrogen (secondary N) is 1. The highest BCUT2D eigenvalue weighted by Gasteiger charge is 2.51. The molecule has 4 atom stereocenters. The van der Waals surface area contributed by atoms with E-state index < -0.39 is 23.6 Å². The van der Waals surface area contributed by atoms with Crippen molar-refractivity contribution in [2.45, 2.75) is 51.7 Å². The summed E-state index contributed by atoms with van der Waals surface area (Å²) in [4.78, 5) is 23.0. The van der Waals surface area contributed by atoms with Crippen molar-refractivity contribution in [2.75, 3.05) is 0 Å². The van der Waals surface area contributed by atoms with Crippen LogP contribution in [0.15, 0.2) is 0 Å². The van der Waals surface area contributed by atoms with Crippen molar-refractivity contribution in [3.63, 3.8) is 0 Å². The fourth-order valence-corrected chi connectivity index (χ4v) is 3.30. The lowest BCUT2D eigenvalue weighted by Crippen LogP contribution is -2.48. The molecule has 0 unspecified atom stereocenters. The van der Waals surface area contributed by atoms with Gasteiger partial charge in [-0.15, -0.1) is 0 Å². The average molecular weight is 255 g/mol. The summed E-state index contributed by atoms with van der Waals surface area (Å²) in [5.41, 5.74) is -0.555. The minimum Gasteiger partial charge on any atom is -0.481 e. The van der Waals surface area contributed by atoms with Gasteiger partial charge in [0.2, 0.25) is 0 Å². The molecule has 0 heterocycles. The zero-order valence-corrected chi connectivity index (χ0v) is 11.1. The molecule has 18 heavy (non-hydrogen) atoms. The molecule has 5 nitrogen and oxygen atoms in total. The van der Waals surface area contributed by atoms with Gasteiger partial charge in [0.1, 0.15) is 5.60 Å². The van der Waals surface area contributed by atoms with E-state index >= 15 is 0 Å². The van der Waals surface area contributed by atoms with Crippen molar-refractivity contribution in [3.05, 3.63) is 0 Å². The number of hydrogen-bond acceptors (Lipinski definition) is 3. The van der Waals surface area contributed by atoms with Crippen LogP contribution < -0.4 is 5.32 Å². The molecular formula is C13H21NO4. The van der Waals surface area contributed by atoms with Gasteiger partial charge < -0.3 is 15.2 Å². The second kappa shape index (κ2) is 4.44. The summed E-state index contributed by atoms with van der Waals surface area (Å²) in [7, 11) is 0. The van der Waals surface area contributed by atoms with Gasteiger partial charge in [-0.3, -0.25) is 4.79 Å². The molecule has 102 valence electrons. The van der Waals surface area contributed by atoms with Gasteiger partial charge >= 0.3 is 12.1 Å². The summed E-state index contributed by atoms with van der Waals surface area (Å²) in [5, 5.41) is 12.0. The predicted molar refractivity (Wildman–Crippen MR) is 65.1 cm³/mol. The van der Waals surface area contributed by atoms with E-state index in [9.17, 15) is 14.7 Å². The van der Waals surface area contributed by atoms with Crippen LogP contribution >= 0.6 is 0 Å². The molecule has 2 bridgehead atoms. The Morgan fingerprint density at radius 3 is 2.39 bits per heavy atom. The number of amides is 1. The standard InChI is InChI=1S/C13H21NO4/c1-13(2,3)18-12(17)14-10-8-5-4-7(6-8)9(10)11(15)16/h7-10H,4-6H2,1-3H3,(H,14,17)(H,15,16)/t7-,8+,9-,10+/m1/s1. The first-order valence-electron chi connectivity index (χ1n) is 6.50. The zero-order chi connectivity index (χ0) is 13.5. The number of carbonyl (C=O) groups is 2. The van der Waals surface area contributed by atoms with E-state index in [-0.39, 0.29) is 12.0 Å². The first kappa shape index (κ1) is 13.2. The molecule has 0 aliphatic heterocycles. The molecule has 2 rings (SSSR count). The van der Waals surface area contributed by atoms with Crippen molar-refractivity contribution in [1.29, 1.82) is 0 Å². The van der Waals surface area contributed by atoms with Crippen LogP contribution in [-0.4, -0.2) is 28.8 Å². The van der Waals surface area contributed by atoms with Crippen molar-refractivity contribution in [3.8, 4) is 0 Å². The lowest BCUT2D eigenvalue weighted by Gasteiger charge is -2.30. The van der Waals surface area contributed by atoms with E-state index in [1.165, 1.54) is 0 Å². The van der Waals surface area contributed by atoms with E-state index in [0.29, 0.717) is 5.92 Å². The maximum atomic E-state index is 11.7. The molecule has 2 aliphatic carbocycles. The molecule has 2 saturated carbocycles. The lowest BCUT2D eigenvalue weighted by atomic mass is 9.84. The van der Waals surface area contributed by atoms with Crippen molar-refractivity contribution in [2.24, 2.45) is 17.8 Å². The van der Waals surface area contributed by atoms with Crippen LogP contribution in [0.3, 0.4) is 0 Å². The van der Waals surface area contributed by atoms with Gasteiger partial charge in [0.05, 0.1) is 5.92 Å². The first-order chi connectivity index (χ1) is 8.28. The molecule has 0 aromatic rings. The van der Waals surface area contributed by atoms with Crippen LogP contribution in [0.1, 0.15) is 40.0 Å². The van der Waals surface area contributed by atoms with Crippen molar-refractivity contribution >= 4 is 12.1 Å². The number of carboxylic acids is 1. The van der Waals surface area contributed by atoms with Crippen LogP contribution in [0.4, 0.5) is 4.79 Å². The van der Waals surface area contributed by atoms with Crippen LogP contribution in [0.2, 0.25) is 0 Å². The molecule has 2 aliphatic rings. The highest BCUT2D eigenvalue weighted by molar-refractivity contribution is 5.75. The zero-order valence-electron chi connectivity index (χ0n) is 11.1. The van der Waals surface area contributed by atoms with Crippen LogP contribution in [0.5, 0.6) is 0 Å². The Bertz CT molecular complexity index is 360. The van der Waals surface area contributed by atoms with Crippen LogP contribution in [0.25, 0.3) is 0 Å². The normalized spacial score (nSPS) is 34.4. The summed E-state index contributed by atoms with van der Waals surface area (Å²) >= 11 is 0. The predicted octanol–water partition coefficient (Wildman–Crippen LogP) is 2.01. The van der Waals surface area contributed by atoms with Crippen LogP contribution in [0, 0.1) is 17.8 Å². The Morgan fingerprint density at radius 1 is 1.22 bits per heavy atom. The lowest BCUT2D eigenvalue weighted by molar-refractivity contribution is -0.144.